The first-order valence-electron chi connectivity index (χ1n) is 4.72. The van der Waals surface area contributed by atoms with Gasteiger partial charge >= 0.3 is 5.97 Å². The van der Waals surface area contributed by atoms with Gasteiger partial charge in [-0.25, -0.2) is 14.2 Å². The second-order valence-corrected chi connectivity index (χ2v) is 3.80. The predicted molar refractivity (Wildman–Crippen MR) is 61.6 cm³/mol. The van der Waals surface area contributed by atoms with Gasteiger partial charge in [-0.3, -0.25) is 0 Å². The molecule has 0 aliphatic carbocycles. The third-order valence-electron chi connectivity index (χ3n) is 2.19. The number of pyridine rings is 1. The molecule has 0 fully saturated rings. The molecule has 1 N–H and O–H groups in total. The number of aromatic nitrogens is 1. The fourth-order valence-electron chi connectivity index (χ4n) is 1.49. The smallest absolute Gasteiger partial charge is 0.355 e. The molecule has 2 aromatic rings. The summed E-state index contributed by atoms with van der Waals surface area (Å²) in [6.45, 7) is 0. The van der Waals surface area contributed by atoms with Gasteiger partial charge in [-0.15, -0.1) is 0 Å². The second kappa shape index (κ2) is 4.51. The van der Waals surface area contributed by atoms with Crippen molar-refractivity contribution >= 4 is 17.6 Å². The van der Waals surface area contributed by atoms with Gasteiger partial charge in [0, 0.05) is 11.8 Å². The minimum Gasteiger partial charge on any atom is -0.476 e. The second-order valence-electron chi connectivity index (χ2n) is 3.37. The number of hydrogen-bond acceptors (Lipinski definition) is 2. The van der Waals surface area contributed by atoms with Crippen LogP contribution in [-0.2, 0) is 0 Å². The molecule has 86 valence electrons. The van der Waals surface area contributed by atoms with Crippen LogP contribution in [0.15, 0.2) is 36.5 Å². The van der Waals surface area contributed by atoms with Gasteiger partial charge in [-0.05, 0) is 23.8 Å². The van der Waals surface area contributed by atoms with Crippen LogP contribution in [0.2, 0.25) is 5.02 Å². The van der Waals surface area contributed by atoms with Gasteiger partial charge in [0.2, 0.25) is 0 Å². The van der Waals surface area contributed by atoms with Crippen LogP contribution in [0.1, 0.15) is 10.5 Å². The Balaban J connectivity index is 2.65. The van der Waals surface area contributed by atoms with E-state index in [1.54, 1.807) is 6.07 Å². The summed E-state index contributed by atoms with van der Waals surface area (Å²) >= 11 is 5.76. The minimum atomic E-state index is -1.18. The molecule has 0 spiro atoms. The summed E-state index contributed by atoms with van der Waals surface area (Å²) in [6, 6.07) is 7.06. The lowest BCUT2D eigenvalue weighted by Gasteiger charge is -2.06. The zero-order chi connectivity index (χ0) is 12.4. The van der Waals surface area contributed by atoms with Crippen molar-refractivity contribution in [3.63, 3.8) is 0 Å². The van der Waals surface area contributed by atoms with Crippen LogP contribution in [-0.4, -0.2) is 16.1 Å². The number of halogens is 2. The number of rotatable bonds is 2. The van der Waals surface area contributed by atoms with Crippen LogP contribution < -0.4 is 0 Å². The van der Waals surface area contributed by atoms with Crippen molar-refractivity contribution in [2.45, 2.75) is 0 Å². The molecule has 5 heteroatoms. The fraction of sp³-hybridized carbons (Fsp3) is 0. The molecular weight excluding hydrogens is 245 g/mol. The summed E-state index contributed by atoms with van der Waals surface area (Å²) in [5.41, 5.74) is 0.571. The Morgan fingerprint density at radius 2 is 2.12 bits per heavy atom. The number of carbonyl (C=O) groups is 1. The molecule has 1 heterocycles. The van der Waals surface area contributed by atoms with E-state index >= 15 is 0 Å². The Kier molecular flexibility index (Phi) is 3.06. The lowest BCUT2D eigenvalue weighted by atomic mass is 10.0. The van der Waals surface area contributed by atoms with Crippen molar-refractivity contribution < 1.29 is 14.3 Å². The van der Waals surface area contributed by atoms with E-state index < -0.39 is 11.8 Å². The maximum Gasteiger partial charge on any atom is 0.355 e. The Hall–Kier alpha value is -1.94. The summed E-state index contributed by atoms with van der Waals surface area (Å²) in [4.78, 5) is 14.7. The average molecular weight is 252 g/mol. The van der Waals surface area contributed by atoms with Gasteiger partial charge in [0.05, 0.1) is 5.02 Å². The van der Waals surface area contributed by atoms with Crippen molar-refractivity contribution in [2.75, 3.05) is 0 Å². The first-order valence-corrected chi connectivity index (χ1v) is 5.10. The molecule has 0 aliphatic heterocycles. The van der Waals surface area contributed by atoms with Gasteiger partial charge in [0.15, 0.2) is 5.69 Å². The summed E-state index contributed by atoms with van der Waals surface area (Å²) in [6.07, 6.45) is 1.24. The van der Waals surface area contributed by atoms with E-state index in [-0.39, 0.29) is 5.69 Å². The molecule has 0 bridgehead atoms. The highest BCUT2D eigenvalue weighted by Gasteiger charge is 2.14. The van der Waals surface area contributed by atoms with Crippen molar-refractivity contribution in [1.82, 2.24) is 4.98 Å². The zero-order valence-corrected chi connectivity index (χ0v) is 9.28. The summed E-state index contributed by atoms with van der Waals surface area (Å²) in [5, 5.41) is 9.29. The SMILES string of the molecule is O=C(O)c1ncc(Cl)cc1-c1cccc(F)c1. The highest BCUT2D eigenvalue weighted by Crippen LogP contribution is 2.25. The number of benzene rings is 1. The normalized spacial score (nSPS) is 10.2. The Labute approximate surface area is 101 Å². The molecule has 3 nitrogen and oxygen atoms in total. The molecule has 0 atom stereocenters. The predicted octanol–water partition coefficient (Wildman–Crippen LogP) is 3.24. The fourth-order valence-corrected chi connectivity index (χ4v) is 1.64. The molecule has 17 heavy (non-hydrogen) atoms. The Bertz CT molecular complexity index is 586. The Morgan fingerprint density at radius 1 is 1.35 bits per heavy atom. The summed E-state index contributed by atoms with van der Waals surface area (Å²) < 4.78 is 13.1. The molecule has 0 radical (unpaired) electrons. The van der Waals surface area contributed by atoms with Gasteiger partial charge in [-0.1, -0.05) is 23.7 Å². The van der Waals surface area contributed by atoms with Crippen LogP contribution in [0.25, 0.3) is 11.1 Å². The van der Waals surface area contributed by atoms with Crippen LogP contribution in [0, 0.1) is 5.82 Å². The molecule has 0 aliphatic rings. The Morgan fingerprint density at radius 3 is 2.76 bits per heavy atom. The molecule has 0 unspecified atom stereocenters. The maximum atomic E-state index is 13.1. The number of aromatic carboxylic acids is 1. The van der Waals surface area contributed by atoms with Crippen LogP contribution in [0.4, 0.5) is 4.39 Å². The summed E-state index contributed by atoms with van der Waals surface area (Å²) in [7, 11) is 0. The van der Waals surface area contributed by atoms with E-state index in [2.05, 4.69) is 4.98 Å². The van der Waals surface area contributed by atoms with Crippen molar-refractivity contribution in [3.05, 3.63) is 53.1 Å². The van der Waals surface area contributed by atoms with E-state index in [0.29, 0.717) is 16.1 Å². The first-order chi connectivity index (χ1) is 8.08. The molecule has 0 saturated heterocycles. The topological polar surface area (TPSA) is 50.2 Å². The standard InChI is InChI=1S/C12H7ClFNO2/c13-8-5-10(11(12(16)17)15-6-8)7-2-1-3-9(14)4-7/h1-6H,(H,16,17). The number of nitrogens with zero attached hydrogens (tertiary/aromatic N) is 1. The van der Waals surface area contributed by atoms with Crippen LogP contribution >= 0.6 is 11.6 Å². The molecule has 0 amide bonds. The monoisotopic (exact) mass is 251 g/mol. The molecule has 0 saturated carbocycles. The van der Waals surface area contributed by atoms with E-state index in [1.807, 2.05) is 0 Å². The first kappa shape index (κ1) is 11.5. The van der Waals surface area contributed by atoms with Crippen molar-refractivity contribution in [1.29, 1.82) is 0 Å². The van der Waals surface area contributed by atoms with Crippen molar-refractivity contribution in [2.24, 2.45) is 0 Å². The minimum absolute atomic E-state index is 0.153. The average Bonchev–Trinajstić information content (AvgIpc) is 2.28. The van der Waals surface area contributed by atoms with Crippen molar-refractivity contribution in [3.8, 4) is 11.1 Å². The zero-order valence-electron chi connectivity index (χ0n) is 8.52. The third-order valence-corrected chi connectivity index (χ3v) is 2.40. The highest BCUT2D eigenvalue weighted by molar-refractivity contribution is 6.30. The lowest BCUT2D eigenvalue weighted by Crippen LogP contribution is -2.03. The van der Waals surface area contributed by atoms with Crippen LogP contribution in [0.3, 0.4) is 0 Å². The van der Waals surface area contributed by atoms with E-state index in [4.69, 9.17) is 16.7 Å². The number of hydrogen-bond donors (Lipinski definition) is 1. The van der Waals surface area contributed by atoms with E-state index in [0.717, 1.165) is 0 Å². The highest BCUT2D eigenvalue weighted by atomic mass is 35.5. The number of carboxylic acids is 1. The van der Waals surface area contributed by atoms with Crippen LogP contribution in [0.5, 0.6) is 0 Å². The van der Waals surface area contributed by atoms with Gasteiger partial charge in [0.25, 0.3) is 0 Å². The molecule has 2 rings (SSSR count). The van der Waals surface area contributed by atoms with E-state index in [1.165, 1.54) is 30.5 Å². The van der Waals surface area contributed by atoms with Gasteiger partial charge in [0.1, 0.15) is 5.82 Å². The number of carboxylic acid groups (broad SMARTS) is 1. The molecule has 1 aromatic heterocycles. The largest absolute Gasteiger partial charge is 0.476 e. The van der Waals surface area contributed by atoms with Gasteiger partial charge < -0.3 is 5.11 Å². The lowest BCUT2D eigenvalue weighted by molar-refractivity contribution is 0.0691. The maximum absolute atomic E-state index is 13.1. The quantitative estimate of drug-likeness (QED) is 0.891. The van der Waals surface area contributed by atoms with Gasteiger partial charge in [-0.2, -0.15) is 0 Å². The molecular formula is C12H7ClFNO2. The summed E-state index contributed by atoms with van der Waals surface area (Å²) in [5.74, 6) is -1.63. The third kappa shape index (κ3) is 2.42. The molecule has 1 aromatic carbocycles. The van der Waals surface area contributed by atoms with E-state index in [9.17, 15) is 9.18 Å².